The minimum absolute atomic E-state index is 0.0988. The first-order chi connectivity index (χ1) is 16.6. The number of hydrogen-bond acceptors (Lipinski definition) is 8. The number of nitrogens with zero attached hydrogens (tertiary/aromatic N) is 4. The molecule has 0 saturated carbocycles. The number of thiazole rings is 1. The number of benzene rings is 2. The van der Waals surface area contributed by atoms with Crippen LogP contribution in [0.25, 0.3) is 22.6 Å². The molecule has 0 unspecified atom stereocenters. The molecule has 0 spiro atoms. The van der Waals surface area contributed by atoms with E-state index < -0.39 is 0 Å². The number of nitrogens with two attached hydrogens (primary N) is 1. The molecule has 34 heavy (non-hydrogen) atoms. The fraction of sp³-hybridized carbons (Fsp3) is 0.250. The van der Waals surface area contributed by atoms with Crippen molar-refractivity contribution in [1.82, 2.24) is 20.0 Å². The predicted octanol–water partition coefficient (Wildman–Crippen LogP) is 4.51. The molecule has 1 saturated heterocycles. The molecular weight excluding hydrogens is 450 g/mol. The molecule has 9 nitrogen and oxygen atoms in total. The molecule has 1 atom stereocenters. The molecule has 5 rings (SSSR count). The number of ether oxygens (including phenoxy) is 1. The smallest absolute Gasteiger partial charge is 0.229 e. The maximum absolute atomic E-state index is 7.71. The summed E-state index contributed by atoms with van der Waals surface area (Å²) in [4.78, 5) is 11.1. The second-order valence-electron chi connectivity index (χ2n) is 8.06. The molecule has 3 heterocycles. The summed E-state index contributed by atoms with van der Waals surface area (Å²) in [6.45, 7) is 0.802. The Hall–Kier alpha value is -3.92. The highest BCUT2D eigenvalue weighted by atomic mass is 32.1. The lowest BCUT2D eigenvalue weighted by Crippen LogP contribution is -2.41. The van der Waals surface area contributed by atoms with E-state index in [1.165, 1.54) is 0 Å². The molecule has 10 heteroatoms. The van der Waals surface area contributed by atoms with Gasteiger partial charge in [0.1, 0.15) is 5.75 Å². The van der Waals surface area contributed by atoms with Crippen LogP contribution in [0, 0.1) is 5.41 Å². The van der Waals surface area contributed by atoms with Crippen molar-refractivity contribution in [1.29, 1.82) is 5.41 Å². The van der Waals surface area contributed by atoms with Gasteiger partial charge in [0, 0.05) is 41.2 Å². The predicted molar refractivity (Wildman–Crippen MR) is 132 cm³/mol. The Morgan fingerprint density at radius 3 is 2.68 bits per heavy atom. The number of aromatic nitrogens is 3. The van der Waals surface area contributed by atoms with Gasteiger partial charge in [-0.1, -0.05) is 5.16 Å². The Balaban J connectivity index is 1.22. The Morgan fingerprint density at radius 2 is 1.94 bits per heavy atom. The average molecular weight is 476 g/mol. The van der Waals surface area contributed by atoms with Crippen LogP contribution in [0.1, 0.15) is 18.7 Å². The van der Waals surface area contributed by atoms with E-state index in [-0.39, 0.29) is 12.0 Å². The zero-order valence-electron chi connectivity index (χ0n) is 18.7. The van der Waals surface area contributed by atoms with Crippen molar-refractivity contribution in [2.45, 2.75) is 25.3 Å². The molecule has 1 aliphatic heterocycles. The maximum Gasteiger partial charge on any atom is 0.229 e. The van der Waals surface area contributed by atoms with Gasteiger partial charge < -0.3 is 25.2 Å². The van der Waals surface area contributed by atoms with Crippen LogP contribution in [-0.2, 0) is 6.42 Å². The highest BCUT2D eigenvalue weighted by Gasteiger charge is 2.27. The maximum atomic E-state index is 7.71. The summed E-state index contributed by atoms with van der Waals surface area (Å²) in [5, 5.41) is 18.0. The van der Waals surface area contributed by atoms with Crippen molar-refractivity contribution in [2.24, 2.45) is 5.73 Å². The summed E-state index contributed by atoms with van der Waals surface area (Å²) in [5.74, 6) is 2.03. The van der Waals surface area contributed by atoms with Gasteiger partial charge in [-0.15, -0.1) is 11.3 Å². The summed E-state index contributed by atoms with van der Waals surface area (Å²) < 4.78 is 10.7. The third-order valence-electron chi connectivity index (χ3n) is 5.85. The first kappa shape index (κ1) is 21.9. The largest absolute Gasteiger partial charge is 0.497 e. The number of nitrogens with one attached hydrogen (secondary N) is 2. The molecule has 0 aliphatic carbocycles. The van der Waals surface area contributed by atoms with Crippen LogP contribution in [0.15, 0.2) is 58.4 Å². The zero-order valence-corrected chi connectivity index (χ0v) is 19.5. The van der Waals surface area contributed by atoms with Gasteiger partial charge in [-0.25, -0.2) is 4.98 Å². The van der Waals surface area contributed by atoms with Crippen LogP contribution >= 0.6 is 11.3 Å². The quantitative estimate of drug-likeness (QED) is 0.263. The summed E-state index contributed by atoms with van der Waals surface area (Å²) in [5.41, 5.74) is 9.42. The number of likely N-dealkylation sites (tertiary alicyclic amines) is 1. The van der Waals surface area contributed by atoms with Crippen molar-refractivity contribution < 1.29 is 9.26 Å². The summed E-state index contributed by atoms with van der Waals surface area (Å²) in [6, 6.07) is 15.8. The van der Waals surface area contributed by atoms with E-state index in [2.05, 4.69) is 20.4 Å². The average Bonchev–Trinajstić information content (AvgIpc) is 3.61. The minimum atomic E-state index is 0.0988. The van der Waals surface area contributed by atoms with Crippen LogP contribution in [0.5, 0.6) is 5.75 Å². The third-order valence-corrected chi connectivity index (χ3v) is 6.61. The van der Waals surface area contributed by atoms with Crippen LogP contribution < -0.4 is 15.8 Å². The van der Waals surface area contributed by atoms with Crippen molar-refractivity contribution in [2.75, 3.05) is 19.0 Å². The van der Waals surface area contributed by atoms with Gasteiger partial charge in [0.25, 0.3) is 0 Å². The Morgan fingerprint density at radius 1 is 1.18 bits per heavy atom. The van der Waals surface area contributed by atoms with Gasteiger partial charge in [-0.2, -0.15) is 4.98 Å². The zero-order chi connectivity index (χ0) is 23.5. The van der Waals surface area contributed by atoms with E-state index in [0.717, 1.165) is 52.8 Å². The molecule has 174 valence electrons. The Labute approximate surface area is 201 Å². The molecule has 4 aromatic rings. The number of anilines is 2. The fourth-order valence-electron chi connectivity index (χ4n) is 4.07. The van der Waals surface area contributed by atoms with Crippen LogP contribution in [0.4, 0.5) is 10.8 Å². The number of rotatable bonds is 7. The number of methoxy groups -OCH3 is 1. The van der Waals surface area contributed by atoms with Gasteiger partial charge in [-0.3, -0.25) is 5.41 Å². The lowest BCUT2D eigenvalue weighted by Gasteiger charge is -2.23. The van der Waals surface area contributed by atoms with Crippen LogP contribution in [0.2, 0.25) is 0 Å². The molecule has 0 bridgehead atoms. The Bertz CT molecular complexity index is 1270. The van der Waals surface area contributed by atoms with E-state index in [1.54, 1.807) is 18.4 Å². The van der Waals surface area contributed by atoms with Crippen molar-refractivity contribution in [3.63, 3.8) is 0 Å². The van der Waals surface area contributed by atoms with Crippen molar-refractivity contribution >= 4 is 28.1 Å². The molecule has 2 aromatic carbocycles. The van der Waals surface area contributed by atoms with Crippen molar-refractivity contribution in [3.8, 4) is 28.4 Å². The van der Waals surface area contributed by atoms with E-state index in [9.17, 15) is 0 Å². The first-order valence-corrected chi connectivity index (χ1v) is 11.9. The molecule has 1 fully saturated rings. The molecule has 4 N–H and O–H groups in total. The third kappa shape index (κ3) is 4.72. The van der Waals surface area contributed by atoms with Crippen LogP contribution in [-0.4, -0.2) is 45.7 Å². The number of hydrogen-bond donors (Lipinski definition) is 3. The summed E-state index contributed by atoms with van der Waals surface area (Å²) >= 11 is 1.55. The van der Waals surface area contributed by atoms with Gasteiger partial charge in [-0.05, 0) is 61.4 Å². The van der Waals surface area contributed by atoms with Gasteiger partial charge >= 0.3 is 0 Å². The highest BCUT2D eigenvalue weighted by molar-refractivity contribution is 7.14. The molecular formula is C24H25N7O2S. The second-order valence-corrected chi connectivity index (χ2v) is 8.92. The van der Waals surface area contributed by atoms with Crippen molar-refractivity contribution in [3.05, 3.63) is 59.8 Å². The molecule has 1 aliphatic rings. The lowest BCUT2D eigenvalue weighted by molar-refractivity contribution is 0.320. The lowest BCUT2D eigenvalue weighted by atomic mass is 10.1. The topological polar surface area (TPSA) is 126 Å². The first-order valence-electron chi connectivity index (χ1n) is 11.0. The SMILES string of the molecule is COc1ccc(-c2csc(Nc3ccc(-c4noc(C[C@@H]5CCCN5C(=N)N)n4)cc3)n2)cc1. The molecule has 0 amide bonds. The van der Waals surface area contributed by atoms with E-state index in [4.69, 9.17) is 20.4 Å². The van der Waals surface area contributed by atoms with E-state index in [1.807, 2.05) is 58.8 Å². The summed E-state index contributed by atoms with van der Waals surface area (Å²) in [6.07, 6.45) is 2.57. The highest BCUT2D eigenvalue weighted by Crippen LogP contribution is 2.29. The number of guanidine groups is 1. The summed E-state index contributed by atoms with van der Waals surface area (Å²) in [7, 11) is 1.66. The van der Waals surface area contributed by atoms with E-state index >= 15 is 0 Å². The fourth-order valence-corrected chi connectivity index (χ4v) is 4.81. The van der Waals surface area contributed by atoms with Crippen LogP contribution in [0.3, 0.4) is 0 Å². The Kier molecular flexibility index (Phi) is 6.13. The molecule has 0 radical (unpaired) electrons. The van der Waals surface area contributed by atoms with Gasteiger partial charge in [0.05, 0.1) is 12.8 Å². The molecule has 2 aromatic heterocycles. The second kappa shape index (κ2) is 9.52. The normalized spacial score (nSPS) is 15.4. The minimum Gasteiger partial charge on any atom is -0.497 e. The van der Waals surface area contributed by atoms with Gasteiger partial charge in [0.2, 0.25) is 11.7 Å². The standard InChI is InChI=1S/C24H25N7O2S/c1-32-19-10-6-15(7-11-19)20-14-34-24(28-20)27-17-8-4-16(5-9-17)22-29-21(33-30-22)13-18-3-2-12-31(18)23(25)26/h4-11,14,18H,2-3,12-13H2,1H3,(H3,25,26)(H,27,28)/t18-/m0/s1. The van der Waals surface area contributed by atoms with Gasteiger partial charge in [0.15, 0.2) is 11.1 Å². The monoisotopic (exact) mass is 475 g/mol. The van der Waals surface area contributed by atoms with E-state index in [0.29, 0.717) is 18.1 Å².